The second kappa shape index (κ2) is 9.98. The van der Waals surface area contributed by atoms with E-state index in [1.165, 1.54) is 5.00 Å². The Morgan fingerprint density at radius 3 is 2.74 bits per heavy atom. The van der Waals surface area contributed by atoms with Gasteiger partial charge in [-0.15, -0.1) is 21.5 Å². The molecular weight excluding hydrogens is 378 g/mol. The summed E-state index contributed by atoms with van der Waals surface area (Å²) in [6.07, 6.45) is 3.29. The summed E-state index contributed by atoms with van der Waals surface area (Å²) in [7, 11) is 1.99. The number of aliphatic imine (C=N–C) groups is 1. The fourth-order valence-electron chi connectivity index (χ4n) is 3.01. The first kappa shape index (κ1) is 20.0. The maximum absolute atomic E-state index is 4.86. The van der Waals surface area contributed by atoms with E-state index in [-0.39, 0.29) is 0 Å². The lowest BCUT2D eigenvalue weighted by molar-refractivity contribution is 0.372. The number of hydrogen-bond donors (Lipinski definition) is 1. The molecule has 7 nitrogen and oxygen atoms in total. The second-order valence-corrected chi connectivity index (χ2v) is 8.47. The highest BCUT2D eigenvalue weighted by Crippen LogP contribution is 2.22. The van der Waals surface area contributed by atoms with E-state index in [1.54, 1.807) is 0 Å². The average molecular weight is 408 g/mol. The van der Waals surface area contributed by atoms with E-state index < -0.39 is 0 Å². The Labute approximate surface area is 169 Å². The summed E-state index contributed by atoms with van der Waals surface area (Å²) in [5.41, 5.74) is 0. The summed E-state index contributed by atoms with van der Waals surface area (Å²) in [5.74, 6) is 3.96. The van der Waals surface area contributed by atoms with Crippen LogP contribution in [-0.2, 0) is 13.6 Å². The molecule has 0 unspecified atom stereocenters. The maximum Gasteiger partial charge on any atom is 0.194 e. The lowest BCUT2D eigenvalue weighted by atomic mass is 10.3. The average Bonchev–Trinajstić information content (AvgIpc) is 3.33. The monoisotopic (exact) mass is 407 g/mol. The number of hydrogen-bond acceptors (Lipinski definition) is 6. The molecular formula is C18H29N7S2. The number of anilines is 1. The predicted molar refractivity (Wildman–Crippen MR) is 116 cm³/mol. The van der Waals surface area contributed by atoms with Crippen LogP contribution in [0.15, 0.2) is 22.5 Å². The quantitative estimate of drug-likeness (QED) is 0.431. The fourth-order valence-corrected chi connectivity index (χ4v) is 4.23. The normalized spacial score (nSPS) is 15.4. The summed E-state index contributed by atoms with van der Waals surface area (Å²) < 4.78 is 2.00. The van der Waals surface area contributed by atoms with Crippen LogP contribution >= 0.6 is 23.1 Å². The van der Waals surface area contributed by atoms with Gasteiger partial charge in [-0.3, -0.25) is 0 Å². The van der Waals surface area contributed by atoms with Crippen molar-refractivity contribution >= 4 is 34.1 Å². The molecule has 0 atom stereocenters. The van der Waals surface area contributed by atoms with Crippen LogP contribution in [0.1, 0.15) is 18.1 Å². The Bertz CT molecular complexity index is 718. The van der Waals surface area contributed by atoms with Crippen molar-refractivity contribution in [3.05, 3.63) is 29.2 Å². The van der Waals surface area contributed by atoms with Crippen LogP contribution in [0.5, 0.6) is 0 Å². The number of aryl methyl sites for hydroxylation is 1. The van der Waals surface area contributed by atoms with Gasteiger partial charge in [-0.25, -0.2) is 4.99 Å². The fraction of sp³-hybridized carbons (Fsp3) is 0.611. The molecule has 0 bridgehead atoms. The number of piperazine rings is 1. The van der Waals surface area contributed by atoms with Crippen molar-refractivity contribution in [1.29, 1.82) is 0 Å². The number of thiophene rings is 1. The van der Waals surface area contributed by atoms with Crippen molar-refractivity contribution in [2.45, 2.75) is 19.9 Å². The van der Waals surface area contributed by atoms with Gasteiger partial charge in [0.25, 0.3) is 0 Å². The summed E-state index contributed by atoms with van der Waals surface area (Å²) in [6, 6.07) is 4.32. The number of nitrogens with one attached hydrogen (secondary N) is 1. The van der Waals surface area contributed by atoms with Crippen LogP contribution < -0.4 is 10.2 Å². The minimum atomic E-state index is 0.549. The van der Waals surface area contributed by atoms with Gasteiger partial charge >= 0.3 is 0 Å². The van der Waals surface area contributed by atoms with Crippen LogP contribution in [0.4, 0.5) is 5.00 Å². The highest BCUT2D eigenvalue weighted by Gasteiger charge is 2.20. The van der Waals surface area contributed by atoms with E-state index in [0.717, 1.165) is 62.5 Å². The molecule has 1 aliphatic heterocycles. The smallest absolute Gasteiger partial charge is 0.194 e. The minimum absolute atomic E-state index is 0.549. The highest BCUT2D eigenvalue weighted by molar-refractivity contribution is 7.98. The van der Waals surface area contributed by atoms with Crippen molar-refractivity contribution in [2.24, 2.45) is 12.0 Å². The third kappa shape index (κ3) is 5.38. The third-order valence-electron chi connectivity index (χ3n) is 4.76. The van der Waals surface area contributed by atoms with E-state index in [1.807, 2.05) is 41.6 Å². The topological polar surface area (TPSA) is 61.6 Å². The number of nitrogens with zero attached hydrogens (tertiary/aromatic N) is 6. The molecule has 0 spiro atoms. The van der Waals surface area contributed by atoms with Crippen LogP contribution in [-0.4, -0.2) is 70.4 Å². The van der Waals surface area contributed by atoms with Gasteiger partial charge in [0.1, 0.15) is 12.4 Å². The van der Waals surface area contributed by atoms with Crippen molar-refractivity contribution in [1.82, 2.24) is 25.0 Å². The molecule has 2 aromatic heterocycles. The lowest BCUT2D eigenvalue weighted by Crippen LogP contribution is -2.52. The summed E-state index contributed by atoms with van der Waals surface area (Å²) >= 11 is 3.69. The first-order valence-corrected chi connectivity index (χ1v) is 11.6. The van der Waals surface area contributed by atoms with E-state index in [4.69, 9.17) is 4.99 Å². The maximum atomic E-state index is 4.86. The van der Waals surface area contributed by atoms with Gasteiger partial charge < -0.3 is 19.7 Å². The largest absolute Gasteiger partial charge is 0.360 e. The second-order valence-electron chi connectivity index (χ2n) is 6.56. The zero-order valence-corrected chi connectivity index (χ0v) is 18.0. The Hall–Kier alpha value is -1.74. The molecule has 2 aromatic rings. The zero-order valence-electron chi connectivity index (χ0n) is 16.4. The molecule has 1 fully saturated rings. The number of aromatic nitrogens is 3. The number of thioether (sulfide) groups is 1. The van der Waals surface area contributed by atoms with Gasteiger partial charge in [0.15, 0.2) is 11.8 Å². The zero-order chi connectivity index (χ0) is 19.1. The Balaban J connectivity index is 1.62. The van der Waals surface area contributed by atoms with E-state index in [9.17, 15) is 0 Å². The van der Waals surface area contributed by atoms with Gasteiger partial charge in [0.05, 0.1) is 5.00 Å². The molecule has 148 valence electrons. The minimum Gasteiger partial charge on any atom is -0.360 e. The molecule has 0 saturated carbocycles. The van der Waals surface area contributed by atoms with Gasteiger partial charge in [-0.05, 0) is 42.9 Å². The van der Waals surface area contributed by atoms with Gasteiger partial charge in [-0.1, -0.05) is 0 Å². The Kier molecular flexibility index (Phi) is 7.40. The van der Waals surface area contributed by atoms with Crippen molar-refractivity contribution in [2.75, 3.05) is 49.6 Å². The van der Waals surface area contributed by atoms with Crippen LogP contribution in [0.25, 0.3) is 0 Å². The van der Waals surface area contributed by atoms with E-state index in [2.05, 4.69) is 49.1 Å². The summed E-state index contributed by atoms with van der Waals surface area (Å²) in [6.45, 7) is 7.46. The molecule has 27 heavy (non-hydrogen) atoms. The Morgan fingerprint density at radius 1 is 1.30 bits per heavy atom. The predicted octanol–water partition coefficient (Wildman–Crippen LogP) is 2.21. The summed E-state index contributed by atoms with van der Waals surface area (Å²) in [4.78, 5) is 9.69. The first-order chi connectivity index (χ1) is 13.2. The molecule has 1 saturated heterocycles. The SMILES string of the molecule is CSCCCNC(=NCc1nnc(C)n1C)N1CCN(c2cccs2)CC1. The number of rotatable bonds is 7. The molecule has 0 amide bonds. The highest BCUT2D eigenvalue weighted by atomic mass is 32.2. The first-order valence-electron chi connectivity index (χ1n) is 9.34. The molecule has 0 aromatic carbocycles. The van der Waals surface area contributed by atoms with Crippen LogP contribution in [0.2, 0.25) is 0 Å². The van der Waals surface area contributed by atoms with Gasteiger partial charge in [-0.2, -0.15) is 11.8 Å². The standard InChI is InChI=1S/C18H29N7S2/c1-15-21-22-16(23(15)2)14-20-18(19-7-5-12-26-3)25-10-8-24(9-11-25)17-6-4-13-27-17/h4,6,13H,5,7-12,14H2,1-3H3,(H,19,20). The van der Waals surface area contributed by atoms with Crippen molar-refractivity contribution in [3.63, 3.8) is 0 Å². The molecule has 1 aliphatic rings. The van der Waals surface area contributed by atoms with Gasteiger partial charge in [0.2, 0.25) is 0 Å². The molecule has 3 rings (SSSR count). The van der Waals surface area contributed by atoms with Gasteiger partial charge in [0, 0.05) is 39.8 Å². The molecule has 0 radical (unpaired) electrons. The van der Waals surface area contributed by atoms with E-state index >= 15 is 0 Å². The van der Waals surface area contributed by atoms with E-state index in [0.29, 0.717) is 6.54 Å². The molecule has 0 aliphatic carbocycles. The summed E-state index contributed by atoms with van der Waals surface area (Å²) in [5, 5.41) is 15.4. The molecule has 1 N–H and O–H groups in total. The third-order valence-corrected chi connectivity index (χ3v) is 6.38. The van der Waals surface area contributed by atoms with Crippen LogP contribution in [0, 0.1) is 6.92 Å². The van der Waals surface area contributed by atoms with Crippen LogP contribution in [0.3, 0.4) is 0 Å². The molecule has 9 heteroatoms. The number of guanidine groups is 1. The Morgan fingerprint density at radius 2 is 2.11 bits per heavy atom. The lowest BCUT2D eigenvalue weighted by Gasteiger charge is -2.37. The van der Waals surface area contributed by atoms with Crippen molar-refractivity contribution in [3.8, 4) is 0 Å². The molecule has 3 heterocycles. The van der Waals surface area contributed by atoms with Crippen molar-refractivity contribution < 1.29 is 0 Å².